The van der Waals surface area contributed by atoms with E-state index in [-0.39, 0.29) is 11.6 Å². The van der Waals surface area contributed by atoms with Crippen LogP contribution in [-0.2, 0) is 6.54 Å². The quantitative estimate of drug-likeness (QED) is 0.474. The van der Waals surface area contributed by atoms with Gasteiger partial charge in [0.25, 0.3) is 11.6 Å². The van der Waals surface area contributed by atoms with E-state index in [9.17, 15) is 14.9 Å². The Morgan fingerprint density at radius 3 is 2.57 bits per heavy atom. The van der Waals surface area contributed by atoms with E-state index >= 15 is 0 Å². The first-order valence-electron chi connectivity index (χ1n) is 10.3. The van der Waals surface area contributed by atoms with Crippen LogP contribution < -0.4 is 0 Å². The normalized spacial score (nSPS) is 15.0. The lowest BCUT2D eigenvalue weighted by Gasteiger charge is -2.32. The number of imidazole rings is 1. The molecule has 1 amide bonds. The Balaban J connectivity index is 1.43. The summed E-state index contributed by atoms with van der Waals surface area (Å²) in [6.07, 6.45) is 3.72. The van der Waals surface area contributed by atoms with Gasteiger partial charge in [0.15, 0.2) is 0 Å². The number of piperidine rings is 1. The molecule has 156 valence electrons. The highest BCUT2D eigenvalue weighted by Crippen LogP contribution is 2.26. The summed E-state index contributed by atoms with van der Waals surface area (Å²) < 4.78 is 2.22. The first kappa shape index (κ1) is 20.1. The number of nitro groups is 1. The molecular formula is C23H26N4O3. The van der Waals surface area contributed by atoms with Gasteiger partial charge in [0.2, 0.25) is 0 Å². The summed E-state index contributed by atoms with van der Waals surface area (Å²) >= 11 is 0. The van der Waals surface area contributed by atoms with Crippen LogP contribution in [0.2, 0.25) is 0 Å². The zero-order valence-corrected chi connectivity index (χ0v) is 17.6. The van der Waals surface area contributed by atoms with Crippen molar-refractivity contribution in [3.8, 4) is 0 Å². The van der Waals surface area contributed by atoms with E-state index in [0.29, 0.717) is 30.1 Å². The Labute approximate surface area is 175 Å². The Kier molecular flexibility index (Phi) is 5.28. The fourth-order valence-electron chi connectivity index (χ4n) is 4.28. The molecule has 3 aromatic rings. The average Bonchev–Trinajstić information content (AvgIpc) is 3.09. The molecule has 2 aromatic carbocycles. The summed E-state index contributed by atoms with van der Waals surface area (Å²) in [5.41, 5.74) is 5.54. The second-order valence-corrected chi connectivity index (χ2v) is 8.26. The van der Waals surface area contributed by atoms with Crippen molar-refractivity contribution in [3.05, 3.63) is 69.0 Å². The van der Waals surface area contributed by atoms with Crippen LogP contribution in [0.25, 0.3) is 11.0 Å². The second-order valence-electron chi connectivity index (χ2n) is 8.26. The zero-order chi connectivity index (χ0) is 21.4. The molecule has 0 aliphatic carbocycles. The number of carbonyl (C=O) groups excluding carboxylic acids is 1. The molecule has 30 heavy (non-hydrogen) atoms. The number of nitrogens with zero attached hydrogens (tertiary/aromatic N) is 4. The van der Waals surface area contributed by atoms with Gasteiger partial charge in [-0.2, -0.15) is 0 Å². The summed E-state index contributed by atoms with van der Waals surface area (Å²) in [6, 6.07) is 9.03. The molecule has 7 heteroatoms. The molecule has 0 bridgehead atoms. The maximum atomic E-state index is 13.0. The molecular weight excluding hydrogens is 380 g/mol. The van der Waals surface area contributed by atoms with Crippen LogP contribution in [-0.4, -0.2) is 38.4 Å². The maximum Gasteiger partial charge on any atom is 0.273 e. The Bertz CT molecular complexity index is 1130. The molecule has 1 saturated heterocycles. The van der Waals surface area contributed by atoms with E-state index in [4.69, 9.17) is 0 Å². The van der Waals surface area contributed by atoms with E-state index in [1.807, 2.05) is 11.2 Å². The third-order valence-electron chi connectivity index (χ3n) is 6.33. The van der Waals surface area contributed by atoms with Crippen molar-refractivity contribution >= 4 is 22.6 Å². The fourth-order valence-corrected chi connectivity index (χ4v) is 4.28. The number of aromatic nitrogens is 2. The molecule has 1 fully saturated rings. The standard InChI is InChI=1S/C23H26N4O3/c1-15-11-20-22(12-16(15)2)26(14-24-20)13-18-7-9-25(10-8-18)23(28)19-5-4-6-21(17(19)3)27(29)30/h4-6,11-12,14,18H,7-10,13H2,1-3H3. The van der Waals surface area contributed by atoms with Crippen LogP contribution in [0.5, 0.6) is 0 Å². The molecule has 1 aromatic heterocycles. The van der Waals surface area contributed by atoms with Crippen LogP contribution in [0.15, 0.2) is 36.7 Å². The number of hydrogen-bond donors (Lipinski definition) is 0. The lowest BCUT2D eigenvalue weighted by atomic mass is 9.95. The lowest BCUT2D eigenvalue weighted by molar-refractivity contribution is -0.385. The van der Waals surface area contributed by atoms with Crippen LogP contribution in [0.4, 0.5) is 5.69 Å². The molecule has 0 N–H and O–H groups in total. The number of benzene rings is 2. The van der Waals surface area contributed by atoms with Gasteiger partial charge in [-0.25, -0.2) is 4.98 Å². The van der Waals surface area contributed by atoms with Gasteiger partial charge in [0.05, 0.1) is 22.3 Å². The van der Waals surface area contributed by atoms with Crippen molar-refractivity contribution in [2.45, 2.75) is 40.2 Å². The van der Waals surface area contributed by atoms with Crippen LogP contribution in [0, 0.1) is 36.8 Å². The van der Waals surface area contributed by atoms with E-state index < -0.39 is 4.92 Å². The Morgan fingerprint density at radius 2 is 1.87 bits per heavy atom. The lowest BCUT2D eigenvalue weighted by Crippen LogP contribution is -2.39. The third-order valence-corrected chi connectivity index (χ3v) is 6.33. The second kappa shape index (κ2) is 7.89. The van der Waals surface area contributed by atoms with Crippen molar-refractivity contribution in [1.82, 2.24) is 14.5 Å². The van der Waals surface area contributed by atoms with Gasteiger partial charge in [0, 0.05) is 36.8 Å². The Hall–Kier alpha value is -3.22. The highest BCUT2D eigenvalue weighted by atomic mass is 16.6. The monoisotopic (exact) mass is 406 g/mol. The van der Waals surface area contributed by atoms with E-state index in [1.54, 1.807) is 19.1 Å². The van der Waals surface area contributed by atoms with E-state index in [0.717, 1.165) is 30.4 Å². The summed E-state index contributed by atoms with van der Waals surface area (Å²) in [5.74, 6) is 0.355. The number of fused-ring (bicyclic) bond motifs is 1. The summed E-state index contributed by atoms with van der Waals surface area (Å²) in [4.78, 5) is 30.1. The zero-order valence-electron chi connectivity index (χ0n) is 17.6. The number of likely N-dealkylation sites (tertiary alicyclic amines) is 1. The molecule has 0 radical (unpaired) electrons. The number of rotatable bonds is 4. The Morgan fingerprint density at radius 1 is 1.17 bits per heavy atom. The molecule has 0 unspecified atom stereocenters. The molecule has 2 heterocycles. The molecule has 4 rings (SSSR count). The van der Waals surface area contributed by atoms with Crippen molar-refractivity contribution in [2.75, 3.05) is 13.1 Å². The van der Waals surface area contributed by atoms with Crippen molar-refractivity contribution in [3.63, 3.8) is 0 Å². The van der Waals surface area contributed by atoms with Crippen LogP contribution >= 0.6 is 0 Å². The minimum absolute atomic E-state index is 0.00625. The minimum Gasteiger partial charge on any atom is -0.339 e. The summed E-state index contributed by atoms with van der Waals surface area (Å²) in [5, 5.41) is 11.2. The molecule has 1 aliphatic rings. The number of amides is 1. The number of aryl methyl sites for hydroxylation is 2. The predicted molar refractivity (Wildman–Crippen MR) is 116 cm³/mol. The first-order chi connectivity index (χ1) is 14.3. The van der Waals surface area contributed by atoms with Crippen molar-refractivity contribution in [1.29, 1.82) is 0 Å². The fraction of sp³-hybridized carbons (Fsp3) is 0.391. The first-order valence-corrected chi connectivity index (χ1v) is 10.3. The van der Waals surface area contributed by atoms with Gasteiger partial charge in [0.1, 0.15) is 0 Å². The summed E-state index contributed by atoms with van der Waals surface area (Å²) in [6.45, 7) is 8.07. The van der Waals surface area contributed by atoms with Gasteiger partial charge in [-0.05, 0) is 68.9 Å². The van der Waals surface area contributed by atoms with E-state index in [1.165, 1.54) is 17.2 Å². The highest BCUT2D eigenvalue weighted by Gasteiger charge is 2.27. The molecule has 0 atom stereocenters. The number of nitro benzene ring substituents is 1. The van der Waals surface area contributed by atoms with Gasteiger partial charge in [-0.15, -0.1) is 0 Å². The molecule has 1 aliphatic heterocycles. The van der Waals surface area contributed by atoms with Gasteiger partial charge in [-0.1, -0.05) is 6.07 Å². The van der Waals surface area contributed by atoms with E-state index in [2.05, 4.69) is 35.5 Å². The average molecular weight is 406 g/mol. The van der Waals surface area contributed by atoms with Crippen LogP contribution in [0.1, 0.15) is 39.9 Å². The predicted octanol–water partition coefficient (Wildman–Crippen LogP) is 4.42. The molecule has 0 spiro atoms. The van der Waals surface area contributed by atoms with Gasteiger partial charge in [-0.3, -0.25) is 14.9 Å². The van der Waals surface area contributed by atoms with Crippen molar-refractivity contribution in [2.24, 2.45) is 5.92 Å². The topological polar surface area (TPSA) is 81.3 Å². The molecule has 7 nitrogen and oxygen atoms in total. The third kappa shape index (κ3) is 3.67. The molecule has 0 saturated carbocycles. The summed E-state index contributed by atoms with van der Waals surface area (Å²) in [7, 11) is 0. The SMILES string of the molecule is Cc1cc2ncn(CC3CCN(C(=O)c4cccc([N+](=O)[O-])c4C)CC3)c2cc1C. The van der Waals surface area contributed by atoms with Crippen molar-refractivity contribution < 1.29 is 9.72 Å². The highest BCUT2D eigenvalue weighted by molar-refractivity contribution is 5.96. The maximum absolute atomic E-state index is 13.0. The largest absolute Gasteiger partial charge is 0.339 e. The van der Waals surface area contributed by atoms with Gasteiger partial charge >= 0.3 is 0 Å². The van der Waals surface area contributed by atoms with Gasteiger partial charge < -0.3 is 9.47 Å². The van der Waals surface area contributed by atoms with Crippen LogP contribution in [0.3, 0.4) is 0 Å². The number of carbonyl (C=O) groups is 1. The smallest absolute Gasteiger partial charge is 0.273 e. The minimum atomic E-state index is -0.434. The number of hydrogen-bond acceptors (Lipinski definition) is 4.